The van der Waals surface area contributed by atoms with Crippen molar-refractivity contribution >= 4 is 5.91 Å². The van der Waals surface area contributed by atoms with Gasteiger partial charge in [0, 0.05) is 0 Å². The molecule has 88 valence electrons. The van der Waals surface area contributed by atoms with E-state index in [1.54, 1.807) is 31.2 Å². The molecule has 1 aromatic carbocycles. The smallest absolute Gasteiger partial charge is 0.241 e. The lowest BCUT2D eigenvalue weighted by Gasteiger charge is -2.21. The molecule has 0 heterocycles. The van der Waals surface area contributed by atoms with E-state index in [2.05, 4.69) is 0 Å². The van der Waals surface area contributed by atoms with Crippen molar-refractivity contribution in [1.82, 2.24) is 0 Å². The van der Waals surface area contributed by atoms with Gasteiger partial charge in [0.1, 0.15) is 11.3 Å². The molecule has 1 atom stereocenters. The third-order valence-corrected chi connectivity index (χ3v) is 2.34. The van der Waals surface area contributed by atoms with Crippen molar-refractivity contribution in [1.29, 1.82) is 0 Å². The van der Waals surface area contributed by atoms with Crippen LogP contribution in [0.2, 0.25) is 0 Å². The summed E-state index contributed by atoms with van der Waals surface area (Å²) in [5, 5.41) is 0. The molecule has 4 heteroatoms. The van der Waals surface area contributed by atoms with Gasteiger partial charge >= 0.3 is 0 Å². The predicted molar refractivity (Wildman–Crippen MR) is 62.9 cm³/mol. The van der Waals surface area contributed by atoms with Crippen LogP contribution in [0.1, 0.15) is 26.3 Å². The Bertz CT molecular complexity index is 369. The lowest BCUT2D eigenvalue weighted by Crippen LogP contribution is -2.46. The first kappa shape index (κ1) is 12.5. The second-order valence-electron chi connectivity index (χ2n) is 4.26. The molecule has 0 saturated carbocycles. The van der Waals surface area contributed by atoms with Gasteiger partial charge in [-0.05, 0) is 38.5 Å². The van der Waals surface area contributed by atoms with E-state index in [9.17, 15) is 4.79 Å². The van der Waals surface area contributed by atoms with Crippen molar-refractivity contribution in [2.45, 2.75) is 32.4 Å². The molecule has 1 unspecified atom stereocenters. The molecule has 0 fully saturated rings. The highest BCUT2D eigenvalue weighted by Gasteiger charge is 2.27. The highest BCUT2D eigenvalue weighted by Crippen LogP contribution is 2.21. The summed E-state index contributed by atoms with van der Waals surface area (Å²) in [6.07, 6.45) is 0.117. The zero-order chi connectivity index (χ0) is 12.3. The van der Waals surface area contributed by atoms with Crippen LogP contribution < -0.4 is 16.2 Å². The minimum atomic E-state index is -1.14. The second-order valence-corrected chi connectivity index (χ2v) is 4.26. The largest absolute Gasteiger partial charge is 0.491 e. The van der Waals surface area contributed by atoms with Gasteiger partial charge in [0.25, 0.3) is 0 Å². The Morgan fingerprint density at radius 3 is 2.19 bits per heavy atom. The molecule has 0 spiro atoms. The van der Waals surface area contributed by atoms with Gasteiger partial charge in [-0.2, -0.15) is 0 Å². The normalized spacial score (nSPS) is 14.6. The van der Waals surface area contributed by atoms with Crippen molar-refractivity contribution in [2.24, 2.45) is 11.5 Å². The molecule has 0 aromatic heterocycles. The number of hydrogen-bond acceptors (Lipinski definition) is 3. The molecule has 0 bridgehead atoms. The number of benzene rings is 1. The van der Waals surface area contributed by atoms with Crippen LogP contribution in [0.3, 0.4) is 0 Å². The molecule has 0 aliphatic rings. The van der Waals surface area contributed by atoms with Gasteiger partial charge < -0.3 is 16.2 Å². The van der Waals surface area contributed by atoms with E-state index in [0.29, 0.717) is 5.56 Å². The van der Waals surface area contributed by atoms with Crippen LogP contribution in [0.25, 0.3) is 0 Å². The molecule has 1 rings (SSSR count). The summed E-state index contributed by atoms with van der Waals surface area (Å²) >= 11 is 0. The summed E-state index contributed by atoms with van der Waals surface area (Å²) in [6.45, 7) is 5.49. The first-order valence-electron chi connectivity index (χ1n) is 5.20. The van der Waals surface area contributed by atoms with Crippen LogP contribution >= 0.6 is 0 Å². The zero-order valence-electron chi connectivity index (χ0n) is 9.86. The second kappa shape index (κ2) is 4.53. The van der Waals surface area contributed by atoms with Gasteiger partial charge in [0.05, 0.1) is 6.10 Å². The van der Waals surface area contributed by atoms with Gasteiger partial charge in [-0.15, -0.1) is 0 Å². The molecule has 1 aromatic rings. The SMILES string of the molecule is CC(C)Oc1ccc(C(C)(N)C(N)=O)cc1. The molecular formula is C12H18N2O2. The Morgan fingerprint density at radius 1 is 1.31 bits per heavy atom. The summed E-state index contributed by atoms with van der Waals surface area (Å²) in [7, 11) is 0. The molecular weight excluding hydrogens is 204 g/mol. The number of ether oxygens (including phenoxy) is 1. The number of amides is 1. The first-order chi connectivity index (χ1) is 7.34. The van der Waals surface area contributed by atoms with Crippen molar-refractivity contribution in [2.75, 3.05) is 0 Å². The molecule has 4 nitrogen and oxygen atoms in total. The van der Waals surface area contributed by atoms with Gasteiger partial charge in [-0.3, -0.25) is 4.79 Å². The Hall–Kier alpha value is -1.55. The summed E-state index contributed by atoms with van der Waals surface area (Å²) in [5.74, 6) is 0.198. The number of hydrogen-bond donors (Lipinski definition) is 2. The lowest BCUT2D eigenvalue weighted by molar-refractivity contribution is -0.122. The molecule has 0 aliphatic carbocycles. The van der Waals surface area contributed by atoms with Gasteiger partial charge in [-0.1, -0.05) is 12.1 Å². The maximum Gasteiger partial charge on any atom is 0.241 e. The molecule has 1 amide bonds. The molecule has 4 N–H and O–H groups in total. The highest BCUT2D eigenvalue weighted by atomic mass is 16.5. The van der Waals surface area contributed by atoms with E-state index < -0.39 is 11.4 Å². The number of carbonyl (C=O) groups is 1. The number of primary amides is 1. The highest BCUT2D eigenvalue weighted by molar-refractivity contribution is 5.85. The summed E-state index contributed by atoms with van der Waals surface area (Å²) in [6, 6.07) is 7.07. The summed E-state index contributed by atoms with van der Waals surface area (Å²) in [5.41, 5.74) is 10.6. The van der Waals surface area contributed by atoms with E-state index in [-0.39, 0.29) is 6.10 Å². The van der Waals surface area contributed by atoms with E-state index >= 15 is 0 Å². The minimum Gasteiger partial charge on any atom is -0.491 e. The van der Waals surface area contributed by atoms with Crippen LogP contribution in [-0.2, 0) is 10.3 Å². The van der Waals surface area contributed by atoms with Gasteiger partial charge in [0.2, 0.25) is 5.91 Å². The van der Waals surface area contributed by atoms with E-state index in [4.69, 9.17) is 16.2 Å². The number of rotatable bonds is 4. The van der Waals surface area contributed by atoms with Crippen LogP contribution in [0.15, 0.2) is 24.3 Å². The fourth-order valence-electron chi connectivity index (χ4n) is 1.29. The summed E-state index contributed by atoms with van der Waals surface area (Å²) < 4.78 is 5.49. The summed E-state index contributed by atoms with van der Waals surface area (Å²) in [4.78, 5) is 11.2. The van der Waals surface area contributed by atoms with Crippen molar-refractivity contribution < 1.29 is 9.53 Å². The standard InChI is InChI=1S/C12H18N2O2/c1-8(2)16-10-6-4-9(5-7-10)12(3,14)11(13)15/h4-8H,14H2,1-3H3,(H2,13,15). The van der Waals surface area contributed by atoms with Gasteiger partial charge in [-0.25, -0.2) is 0 Å². The fourth-order valence-corrected chi connectivity index (χ4v) is 1.29. The topological polar surface area (TPSA) is 78.3 Å². The first-order valence-corrected chi connectivity index (χ1v) is 5.20. The Kier molecular flexibility index (Phi) is 3.55. The molecule has 0 radical (unpaired) electrons. The Labute approximate surface area is 95.6 Å². The Balaban J connectivity index is 2.91. The van der Waals surface area contributed by atoms with E-state index in [1.165, 1.54) is 0 Å². The Morgan fingerprint density at radius 2 is 1.81 bits per heavy atom. The quantitative estimate of drug-likeness (QED) is 0.801. The maximum atomic E-state index is 11.2. The van der Waals surface area contributed by atoms with E-state index in [0.717, 1.165) is 5.75 Å². The maximum absolute atomic E-state index is 11.2. The third-order valence-electron chi connectivity index (χ3n) is 2.34. The molecule has 0 saturated heterocycles. The lowest BCUT2D eigenvalue weighted by atomic mass is 9.92. The van der Waals surface area contributed by atoms with Crippen LogP contribution in [0.4, 0.5) is 0 Å². The predicted octanol–water partition coefficient (Wildman–Crippen LogP) is 1.13. The average molecular weight is 222 g/mol. The van der Waals surface area contributed by atoms with Crippen molar-refractivity contribution in [3.8, 4) is 5.75 Å². The van der Waals surface area contributed by atoms with Crippen LogP contribution in [0.5, 0.6) is 5.75 Å². The average Bonchev–Trinajstić information content (AvgIpc) is 2.17. The molecule has 0 aliphatic heterocycles. The fraction of sp³-hybridized carbons (Fsp3) is 0.417. The third kappa shape index (κ3) is 2.73. The van der Waals surface area contributed by atoms with E-state index in [1.807, 2.05) is 13.8 Å². The van der Waals surface area contributed by atoms with Crippen molar-refractivity contribution in [3.63, 3.8) is 0 Å². The van der Waals surface area contributed by atoms with Crippen molar-refractivity contribution in [3.05, 3.63) is 29.8 Å². The van der Waals surface area contributed by atoms with Crippen LogP contribution in [-0.4, -0.2) is 12.0 Å². The monoisotopic (exact) mass is 222 g/mol. The minimum absolute atomic E-state index is 0.117. The number of carbonyl (C=O) groups excluding carboxylic acids is 1. The van der Waals surface area contributed by atoms with Crippen LogP contribution in [0, 0.1) is 0 Å². The number of nitrogens with two attached hydrogens (primary N) is 2. The zero-order valence-corrected chi connectivity index (χ0v) is 9.86. The molecule has 16 heavy (non-hydrogen) atoms. The van der Waals surface area contributed by atoms with Gasteiger partial charge in [0.15, 0.2) is 0 Å².